The molecule has 0 atom stereocenters. The fourth-order valence-electron chi connectivity index (χ4n) is 1.96. The van der Waals surface area contributed by atoms with Gasteiger partial charge in [-0.05, 0) is 36.8 Å². The third kappa shape index (κ3) is 5.01. The Balaban J connectivity index is 1.73. The quantitative estimate of drug-likeness (QED) is 0.770. The molecule has 1 amide bonds. The van der Waals surface area contributed by atoms with Crippen molar-refractivity contribution < 1.29 is 9.59 Å². The van der Waals surface area contributed by atoms with Gasteiger partial charge in [-0.25, -0.2) is 0 Å². The Morgan fingerprint density at radius 1 is 1.14 bits per heavy atom. The van der Waals surface area contributed by atoms with Gasteiger partial charge >= 0.3 is 0 Å². The van der Waals surface area contributed by atoms with Gasteiger partial charge in [0.1, 0.15) is 0 Å². The van der Waals surface area contributed by atoms with Crippen LogP contribution < -0.4 is 10.6 Å². The number of hydrogen-bond donors (Lipinski definition) is 2. The van der Waals surface area contributed by atoms with Crippen LogP contribution in [0.4, 0.5) is 5.69 Å². The highest BCUT2D eigenvalue weighted by molar-refractivity contribution is 5.94. The standard InChI is InChI=1S/C17H19N3O2/c1-13(21)15-3-2-4-16(11-15)19-10-7-17(22)20-12-14-5-8-18-9-6-14/h2-6,8-9,11,19H,7,10,12H2,1H3,(H,20,22). The number of amides is 1. The third-order valence-corrected chi connectivity index (χ3v) is 3.19. The Morgan fingerprint density at radius 2 is 1.91 bits per heavy atom. The van der Waals surface area contributed by atoms with Crippen LogP contribution in [-0.4, -0.2) is 23.2 Å². The minimum atomic E-state index is -0.0213. The molecule has 0 aliphatic heterocycles. The maximum absolute atomic E-state index is 11.8. The number of nitrogens with zero attached hydrogens (tertiary/aromatic N) is 1. The van der Waals surface area contributed by atoms with Gasteiger partial charge in [0.2, 0.25) is 5.91 Å². The summed E-state index contributed by atoms with van der Waals surface area (Å²) in [6, 6.07) is 11.0. The van der Waals surface area contributed by atoms with E-state index in [0.29, 0.717) is 25.1 Å². The number of pyridine rings is 1. The second-order valence-electron chi connectivity index (χ2n) is 4.95. The number of rotatable bonds is 7. The van der Waals surface area contributed by atoms with Crippen molar-refractivity contribution in [3.63, 3.8) is 0 Å². The molecule has 0 radical (unpaired) electrons. The molecule has 0 spiro atoms. The molecule has 5 nitrogen and oxygen atoms in total. The smallest absolute Gasteiger partial charge is 0.222 e. The van der Waals surface area contributed by atoms with E-state index in [4.69, 9.17) is 0 Å². The lowest BCUT2D eigenvalue weighted by Gasteiger charge is -2.08. The SMILES string of the molecule is CC(=O)c1cccc(NCCC(=O)NCc2ccncc2)c1. The summed E-state index contributed by atoms with van der Waals surface area (Å²) in [6.45, 7) is 2.55. The van der Waals surface area contributed by atoms with Crippen LogP contribution in [0.2, 0.25) is 0 Å². The van der Waals surface area contributed by atoms with Crippen molar-refractivity contribution >= 4 is 17.4 Å². The van der Waals surface area contributed by atoms with E-state index in [-0.39, 0.29) is 11.7 Å². The molecular formula is C17H19N3O2. The number of hydrogen-bond acceptors (Lipinski definition) is 4. The van der Waals surface area contributed by atoms with E-state index in [0.717, 1.165) is 11.3 Å². The first kappa shape index (κ1) is 15.7. The number of aromatic nitrogens is 1. The van der Waals surface area contributed by atoms with Crippen molar-refractivity contribution in [3.8, 4) is 0 Å². The Kier molecular flexibility index (Phi) is 5.65. The minimum absolute atomic E-state index is 0.0213. The minimum Gasteiger partial charge on any atom is -0.385 e. The third-order valence-electron chi connectivity index (χ3n) is 3.19. The van der Waals surface area contributed by atoms with Gasteiger partial charge in [0, 0.05) is 43.2 Å². The normalized spacial score (nSPS) is 10.0. The summed E-state index contributed by atoms with van der Waals surface area (Å²) in [4.78, 5) is 27.0. The highest BCUT2D eigenvalue weighted by Crippen LogP contribution is 2.11. The largest absolute Gasteiger partial charge is 0.385 e. The molecule has 2 aromatic rings. The van der Waals surface area contributed by atoms with E-state index < -0.39 is 0 Å². The molecule has 1 aromatic heterocycles. The van der Waals surface area contributed by atoms with Crippen molar-refractivity contribution in [2.75, 3.05) is 11.9 Å². The molecule has 22 heavy (non-hydrogen) atoms. The molecule has 0 fully saturated rings. The van der Waals surface area contributed by atoms with Crippen LogP contribution in [0, 0.1) is 0 Å². The molecule has 114 valence electrons. The highest BCUT2D eigenvalue weighted by Gasteiger charge is 2.03. The summed E-state index contributed by atoms with van der Waals surface area (Å²) in [7, 11) is 0. The lowest BCUT2D eigenvalue weighted by atomic mass is 10.1. The summed E-state index contributed by atoms with van der Waals surface area (Å²) < 4.78 is 0. The van der Waals surface area contributed by atoms with E-state index in [1.807, 2.05) is 24.3 Å². The van der Waals surface area contributed by atoms with E-state index in [9.17, 15) is 9.59 Å². The zero-order chi connectivity index (χ0) is 15.8. The van der Waals surface area contributed by atoms with Gasteiger partial charge in [-0.15, -0.1) is 0 Å². The number of Topliss-reactive ketones (excluding diaryl/α,β-unsaturated/α-hetero) is 1. The molecule has 0 aliphatic rings. The summed E-state index contributed by atoms with van der Waals surface area (Å²) in [5.41, 5.74) is 2.52. The fourth-order valence-corrected chi connectivity index (χ4v) is 1.96. The number of anilines is 1. The van der Waals surface area contributed by atoms with Gasteiger partial charge < -0.3 is 10.6 Å². The maximum Gasteiger partial charge on any atom is 0.222 e. The van der Waals surface area contributed by atoms with Gasteiger partial charge in [-0.2, -0.15) is 0 Å². The molecule has 1 aromatic carbocycles. The molecular weight excluding hydrogens is 278 g/mol. The lowest BCUT2D eigenvalue weighted by Crippen LogP contribution is -2.24. The van der Waals surface area contributed by atoms with Crippen molar-refractivity contribution in [2.45, 2.75) is 19.9 Å². The summed E-state index contributed by atoms with van der Waals surface area (Å²) >= 11 is 0. The Labute approximate surface area is 129 Å². The number of carbonyl (C=O) groups is 2. The summed E-state index contributed by atoms with van der Waals surface area (Å²) in [5, 5.41) is 6.00. The average Bonchev–Trinajstić information content (AvgIpc) is 2.54. The molecule has 2 N–H and O–H groups in total. The molecule has 0 unspecified atom stereocenters. The zero-order valence-corrected chi connectivity index (χ0v) is 12.5. The van der Waals surface area contributed by atoms with Crippen LogP contribution in [0.25, 0.3) is 0 Å². The summed E-state index contributed by atoms with van der Waals surface area (Å²) in [5.74, 6) is 0.00535. The Morgan fingerprint density at radius 3 is 2.64 bits per heavy atom. The second kappa shape index (κ2) is 7.93. The van der Waals surface area contributed by atoms with Crippen LogP contribution in [0.1, 0.15) is 29.3 Å². The predicted molar refractivity (Wildman–Crippen MR) is 85.6 cm³/mol. The molecule has 0 bridgehead atoms. The van der Waals surface area contributed by atoms with Crippen molar-refractivity contribution in [2.24, 2.45) is 0 Å². The monoisotopic (exact) mass is 297 g/mol. The highest BCUT2D eigenvalue weighted by atomic mass is 16.1. The van der Waals surface area contributed by atoms with Gasteiger partial charge in [-0.3, -0.25) is 14.6 Å². The molecule has 0 saturated carbocycles. The van der Waals surface area contributed by atoms with Crippen LogP contribution in [0.5, 0.6) is 0 Å². The van der Waals surface area contributed by atoms with Crippen molar-refractivity contribution in [1.82, 2.24) is 10.3 Å². The predicted octanol–water partition coefficient (Wildman–Crippen LogP) is 2.40. The van der Waals surface area contributed by atoms with E-state index in [2.05, 4.69) is 15.6 Å². The van der Waals surface area contributed by atoms with E-state index >= 15 is 0 Å². The molecule has 1 heterocycles. The average molecular weight is 297 g/mol. The Hall–Kier alpha value is -2.69. The molecule has 2 rings (SSSR count). The number of benzene rings is 1. The van der Waals surface area contributed by atoms with E-state index in [1.165, 1.54) is 6.92 Å². The van der Waals surface area contributed by atoms with Crippen LogP contribution in [0.15, 0.2) is 48.8 Å². The van der Waals surface area contributed by atoms with Crippen LogP contribution in [-0.2, 0) is 11.3 Å². The van der Waals surface area contributed by atoms with Crippen LogP contribution in [0.3, 0.4) is 0 Å². The second-order valence-corrected chi connectivity index (χ2v) is 4.95. The maximum atomic E-state index is 11.8. The first-order chi connectivity index (χ1) is 10.6. The first-order valence-corrected chi connectivity index (χ1v) is 7.15. The van der Waals surface area contributed by atoms with Gasteiger partial charge in [0.25, 0.3) is 0 Å². The van der Waals surface area contributed by atoms with Crippen molar-refractivity contribution in [1.29, 1.82) is 0 Å². The Bertz CT molecular complexity index is 641. The number of carbonyl (C=O) groups excluding carboxylic acids is 2. The molecule has 5 heteroatoms. The first-order valence-electron chi connectivity index (χ1n) is 7.15. The summed E-state index contributed by atoms with van der Waals surface area (Å²) in [6.07, 6.45) is 3.77. The van der Waals surface area contributed by atoms with E-state index in [1.54, 1.807) is 24.5 Å². The molecule has 0 saturated heterocycles. The molecule has 0 aliphatic carbocycles. The topological polar surface area (TPSA) is 71.1 Å². The van der Waals surface area contributed by atoms with Gasteiger partial charge in [0.15, 0.2) is 5.78 Å². The van der Waals surface area contributed by atoms with Gasteiger partial charge in [0.05, 0.1) is 0 Å². The lowest BCUT2D eigenvalue weighted by molar-refractivity contribution is -0.121. The number of nitrogens with one attached hydrogen (secondary N) is 2. The van der Waals surface area contributed by atoms with Gasteiger partial charge in [-0.1, -0.05) is 12.1 Å². The number of ketones is 1. The van der Waals surface area contributed by atoms with Crippen molar-refractivity contribution in [3.05, 3.63) is 59.9 Å². The van der Waals surface area contributed by atoms with Crippen LogP contribution >= 0.6 is 0 Å². The fraction of sp³-hybridized carbons (Fsp3) is 0.235. The zero-order valence-electron chi connectivity index (χ0n) is 12.5.